The Hall–Kier alpha value is -2.09. The third-order valence-corrected chi connectivity index (χ3v) is 3.34. The molecule has 0 spiro atoms. The van der Waals surface area contributed by atoms with E-state index in [0.29, 0.717) is 11.4 Å². The predicted molar refractivity (Wildman–Crippen MR) is 66.0 cm³/mol. The van der Waals surface area contributed by atoms with Crippen LogP contribution < -0.4 is 5.32 Å². The Morgan fingerprint density at radius 3 is 2.72 bits per heavy atom. The summed E-state index contributed by atoms with van der Waals surface area (Å²) in [6.45, 7) is 0. The first-order valence-corrected chi connectivity index (χ1v) is 6.00. The lowest BCUT2D eigenvalue weighted by Crippen LogP contribution is -2.37. The van der Waals surface area contributed by atoms with E-state index in [0.717, 1.165) is 25.7 Å². The summed E-state index contributed by atoms with van der Waals surface area (Å²) in [5.74, 6) is -0.157. The number of nitrogens with zero attached hydrogens (tertiary/aromatic N) is 2. The number of carboxylic acids is 1. The highest BCUT2D eigenvalue weighted by Gasteiger charge is 2.36. The first-order chi connectivity index (χ1) is 8.63. The second-order valence-electron chi connectivity index (χ2n) is 4.73. The average molecular weight is 245 g/mol. The number of aromatic nitrogens is 1. The van der Waals surface area contributed by atoms with Crippen LogP contribution in [0.1, 0.15) is 37.7 Å². The van der Waals surface area contributed by atoms with Gasteiger partial charge in [-0.15, -0.1) is 0 Å². The zero-order valence-corrected chi connectivity index (χ0v) is 10.0. The molecule has 1 aromatic rings. The summed E-state index contributed by atoms with van der Waals surface area (Å²) in [4.78, 5) is 15.1. The van der Waals surface area contributed by atoms with Gasteiger partial charge in [-0.2, -0.15) is 5.26 Å². The van der Waals surface area contributed by atoms with Crippen molar-refractivity contribution < 1.29 is 9.90 Å². The van der Waals surface area contributed by atoms with E-state index in [4.69, 9.17) is 10.4 Å². The summed E-state index contributed by atoms with van der Waals surface area (Å²) in [6, 6.07) is 5.41. The lowest BCUT2D eigenvalue weighted by Gasteiger charge is -2.29. The van der Waals surface area contributed by atoms with Crippen molar-refractivity contribution in [1.82, 2.24) is 4.98 Å². The normalized spacial score (nSPS) is 17.1. The van der Waals surface area contributed by atoms with Gasteiger partial charge in [0, 0.05) is 11.7 Å². The summed E-state index contributed by atoms with van der Waals surface area (Å²) in [5.41, 5.74) is 0.117. The molecule has 0 bridgehead atoms. The van der Waals surface area contributed by atoms with Gasteiger partial charge in [-0.3, -0.25) is 4.79 Å². The molecule has 1 heterocycles. The molecule has 2 rings (SSSR count). The molecular weight excluding hydrogens is 230 g/mol. The molecule has 0 amide bonds. The van der Waals surface area contributed by atoms with Crippen LogP contribution in [0.2, 0.25) is 0 Å². The third kappa shape index (κ3) is 2.77. The van der Waals surface area contributed by atoms with E-state index in [-0.39, 0.29) is 12.0 Å². The molecule has 94 valence electrons. The van der Waals surface area contributed by atoms with Gasteiger partial charge in [-0.25, -0.2) is 4.98 Å². The van der Waals surface area contributed by atoms with Crippen molar-refractivity contribution in [3.05, 3.63) is 23.9 Å². The minimum Gasteiger partial charge on any atom is -0.481 e. The van der Waals surface area contributed by atoms with Gasteiger partial charge in [-0.05, 0) is 25.0 Å². The molecule has 0 aliphatic heterocycles. The number of nitrogens with one attached hydrogen (secondary N) is 1. The van der Waals surface area contributed by atoms with Crippen LogP contribution in [0, 0.1) is 11.3 Å². The highest BCUT2D eigenvalue weighted by Crippen LogP contribution is 2.35. The second-order valence-corrected chi connectivity index (χ2v) is 4.73. The highest BCUT2D eigenvalue weighted by molar-refractivity contribution is 5.69. The van der Waals surface area contributed by atoms with Crippen LogP contribution in [-0.4, -0.2) is 21.6 Å². The number of hydrogen-bond donors (Lipinski definition) is 2. The van der Waals surface area contributed by atoms with Gasteiger partial charge in [0.05, 0.1) is 12.0 Å². The second kappa shape index (κ2) is 5.05. The Labute approximate surface area is 105 Å². The topological polar surface area (TPSA) is 86.0 Å². The molecule has 0 aromatic carbocycles. The Morgan fingerprint density at radius 1 is 1.50 bits per heavy atom. The first-order valence-electron chi connectivity index (χ1n) is 6.00. The van der Waals surface area contributed by atoms with Crippen molar-refractivity contribution in [2.75, 3.05) is 5.32 Å². The van der Waals surface area contributed by atoms with Crippen molar-refractivity contribution in [1.29, 1.82) is 5.26 Å². The average Bonchev–Trinajstić information content (AvgIpc) is 2.77. The lowest BCUT2D eigenvalue weighted by molar-refractivity contribution is -0.138. The number of anilines is 1. The van der Waals surface area contributed by atoms with Crippen LogP contribution in [0.4, 0.5) is 5.82 Å². The molecule has 2 N–H and O–H groups in total. The molecule has 1 aromatic heterocycles. The SMILES string of the molecule is N#Cc1ccc(NC2(CC(=O)O)CCCC2)nc1. The maximum atomic E-state index is 10.9. The van der Waals surface area contributed by atoms with Crippen molar-refractivity contribution >= 4 is 11.8 Å². The van der Waals surface area contributed by atoms with Crippen molar-refractivity contribution in [3.63, 3.8) is 0 Å². The maximum absolute atomic E-state index is 10.9. The first kappa shape index (κ1) is 12.4. The molecule has 5 heteroatoms. The monoisotopic (exact) mass is 245 g/mol. The van der Waals surface area contributed by atoms with Crippen molar-refractivity contribution in [2.45, 2.75) is 37.6 Å². The molecule has 18 heavy (non-hydrogen) atoms. The van der Waals surface area contributed by atoms with Gasteiger partial charge < -0.3 is 10.4 Å². The van der Waals surface area contributed by atoms with Gasteiger partial charge in [0.1, 0.15) is 11.9 Å². The van der Waals surface area contributed by atoms with Crippen LogP contribution in [-0.2, 0) is 4.79 Å². The number of nitriles is 1. The van der Waals surface area contributed by atoms with Gasteiger partial charge in [0.15, 0.2) is 0 Å². The zero-order valence-electron chi connectivity index (χ0n) is 10.0. The summed E-state index contributed by atoms with van der Waals surface area (Å²) in [5, 5.41) is 20.9. The Kier molecular flexibility index (Phi) is 3.47. The molecular formula is C13H15N3O2. The van der Waals surface area contributed by atoms with Crippen LogP contribution in [0.15, 0.2) is 18.3 Å². The fourth-order valence-corrected chi connectivity index (χ4v) is 2.49. The Bertz CT molecular complexity index is 470. The Balaban J connectivity index is 2.13. The summed E-state index contributed by atoms with van der Waals surface area (Å²) in [6.07, 6.45) is 5.37. The van der Waals surface area contributed by atoms with Gasteiger partial charge in [-0.1, -0.05) is 12.8 Å². The molecule has 5 nitrogen and oxygen atoms in total. The minimum atomic E-state index is -0.793. The quantitative estimate of drug-likeness (QED) is 0.848. The minimum absolute atomic E-state index is 0.106. The molecule has 0 atom stereocenters. The van der Waals surface area contributed by atoms with Gasteiger partial charge in [0.2, 0.25) is 0 Å². The molecule has 0 saturated heterocycles. The van der Waals surface area contributed by atoms with E-state index < -0.39 is 5.97 Å². The van der Waals surface area contributed by atoms with Crippen molar-refractivity contribution in [3.8, 4) is 6.07 Å². The number of carboxylic acid groups (broad SMARTS) is 1. The predicted octanol–water partition coefficient (Wildman–Crippen LogP) is 2.15. The lowest BCUT2D eigenvalue weighted by atomic mass is 9.93. The van der Waals surface area contributed by atoms with Crippen LogP contribution in [0.25, 0.3) is 0 Å². The molecule has 0 unspecified atom stereocenters. The molecule has 1 fully saturated rings. The van der Waals surface area contributed by atoms with E-state index in [2.05, 4.69) is 10.3 Å². The third-order valence-electron chi connectivity index (χ3n) is 3.34. The van der Waals surface area contributed by atoms with E-state index in [1.54, 1.807) is 12.1 Å². The molecule has 1 saturated carbocycles. The van der Waals surface area contributed by atoms with Gasteiger partial charge in [0.25, 0.3) is 0 Å². The summed E-state index contributed by atoms with van der Waals surface area (Å²) in [7, 11) is 0. The number of hydrogen-bond acceptors (Lipinski definition) is 4. The van der Waals surface area contributed by atoms with E-state index >= 15 is 0 Å². The largest absolute Gasteiger partial charge is 0.481 e. The molecule has 1 aliphatic carbocycles. The summed E-state index contributed by atoms with van der Waals surface area (Å²) < 4.78 is 0. The van der Waals surface area contributed by atoms with Crippen LogP contribution in [0.5, 0.6) is 0 Å². The van der Waals surface area contributed by atoms with E-state index in [1.165, 1.54) is 6.20 Å². The van der Waals surface area contributed by atoms with Gasteiger partial charge >= 0.3 is 5.97 Å². The number of carbonyl (C=O) groups is 1. The number of rotatable bonds is 4. The highest BCUT2D eigenvalue weighted by atomic mass is 16.4. The smallest absolute Gasteiger partial charge is 0.305 e. The van der Waals surface area contributed by atoms with Crippen molar-refractivity contribution in [2.24, 2.45) is 0 Å². The fourth-order valence-electron chi connectivity index (χ4n) is 2.49. The van der Waals surface area contributed by atoms with E-state index in [1.807, 2.05) is 6.07 Å². The fraction of sp³-hybridized carbons (Fsp3) is 0.462. The maximum Gasteiger partial charge on any atom is 0.305 e. The molecule has 0 radical (unpaired) electrons. The van der Waals surface area contributed by atoms with Crippen LogP contribution >= 0.6 is 0 Å². The number of pyridine rings is 1. The van der Waals surface area contributed by atoms with E-state index in [9.17, 15) is 4.79 Å². The molecule has 1 aliphatic rings. The zero-order chi connectivity index (χ0) is 13.0. The Morgan fingerprint density at radius 2 is 2.22 bits per heavy atom. The summed E-state index contributed by atoms with van der Waals surface area (Å²) >= 11 is 0. The standard InChI is InChI=1S/C13H15N3O2/c14-8-10-3-4-11(15-9-10)16-13(7-12(17)18)5-1-2-6-13/h3-4,9H,1-2,5-7H2,(H,15,16)(H,17,18). The van der Waals surface area contributed by atoms with Crippen LogP contribution in [0.3, 0.4) is 0 Å². The number of aliphatic carboxylic acids is 1.